The molecule has 1 atom stereocenters. The van der Waals surface area contributed by atoms with Crippen LogP contribution >= 0.6 is 0 Å². The van der Waals surface area contributed by atoms with Crippen molar-refractivity contribution >= 4 is 11.6 Å². The number of hydrogen-bond acceptors (Lipinski definition) is 5. The zero-order chi connectivity index (χ0) is 16.7. The summed E-state index contributed by atoms with van der Waals surface area (Å²) in [6, 6.07) is 14.7. The number of nitro groups is 1. The molecule has 0 saturated carbocycles. The Morgan fingerprint density at radius 1 is 1.17 bits per heavy atom. The molecule has 7 nitrogen and oxygen atoms in total. The Morgan fingerprint density at radius 2 is 1.83 bits per heavy atom. The van der Waals surface area contributed by atoms with Gasteiger partial charge in [-0.05, 0) is 23.3 Å². The van der Waals surface area contributed by atoms with Crippen molar-refractivity contribution in [1.82, 2.24) is 5.48 Å². The largest absolute Gasteiger partial charge is 0.388 e. The summed E-state index contributed by atoms with van der Waals surface area (Å²) < 4.78 is 0. The van der Waals surface area contributed by atoms with E-state index in [2.05, 4.69) is 5.48 Å². The van der Waals surface area contributed by atoms with Crippen LogP contribution in [0.1, 0.15) is 23.7 Å². The van der Waals surface area contributed by atoms with E-state index in [0.29, 0.717) is 5.56 Å². The molecule has 0 aromatic heterocycles. The highest BCUT2D eigenvalue weighted by molar-refractivity contribution is 5.75. The normalized spacial score (nSPS) is 11.7. The van der Waals surface area contributed by atoms with Crippen LogP contribution in [0, 0.1) is 10.1 Å². The summed E-state index contributed by atoms with van der Waals surface area (Å²) in [6.45, 7) is 0.222. The van der Waals surface area contributed by atoms with Gasteiger partial charge in [0.05, 0.1) is 24.1 Å². The smallest absolute Gasteiger partial charge is 0.269 e. The van der Waals surface area contributed by atoms with Gasteiger partial charge in [0.25, 0.3) is 5.69 Å². The number of carbonyl (C=O) groups excluding carboxylic acids is 1. The first-order valence-corrected chi connectivity index (χ1v) is 6.93. The third-order valence-corrected chi connectivity index (χ3v) is 3.14. The van der Waals surface area contributed by atoms with Crippen LogP contribution in [0.25, 0.3) is 0 Å². The maximum Gasteiger partial charge on any atom is 0.269 e. The van der Waals surface area contributed by atoms with Gasteiger partial charge in [0.2, 0.25) is 5.91 Å². The summed E-state index contributed by atoms with van der Waals surface area (Å²) in [7, 11) is 0. The van der Waals surface area contributed by atoms with Gasteiger partial charge in [-0.25, -0.2) is 5.48 Å². The second kappa shape index (κ2) is 8.02. The summed E-state index contributed by atoms with van der Waals surface area (Å²) in [5.74, 6) is -0.480. The summed E-state index contributed by atoms with van der Waals surface area (Å²) in [5.41, 5.74) is 3.51. The third kappa shape index (κ3) is 5.17. The predicted octanol–water partition coefficient (Wildman–Crippen LogP) is 2.27. The molecule has 120 valence electrons. The van der Waals surface area contributed by atoms with Crippen molar-refractivity contribution < 1.29 is 19.7 Å². The van der Waals surface area contributed by atoms with E-state index in [9.17, 15) is 20.0 Å². The second-order valence-electron chi connectivity index (χ2n) is 4.87. The van der Waals surface area contributed by atoms with Crippen molar-refractivity contribution in [2.24, 2.45) is 0 Å². The molecule has 0 saturated heterocycles. The number of carbonyl (C=O) groups is 1. The van der Waals surface area contributed by atoms with Crippen LogP contribution in [0.15, 0.2) is 54.6 Å². The quantitative estimate of drug-likeness (QED) is 0.602. The molecule has 0 aliphatic rings. The first-order valence-electron chi connectivity index (χ1n) is 6.93. The first-order chi connectivity index (χ1) is 11.1. The number of nitro benzene ring substituents is 1. The average molecular weight is 316 g/mol. The lowest BCUT2D eigenvalue weighted by Crippen LogP contribution is -2.25. The van der Waals surface area contributed by atoms with Crippen LogP contribution in [-0.4, -0.2) is 15.9 Å². The predicted molar refractivity (Wildman–Crippen MR) is 82.0 cm³/mol. The Bertz CT molecular complexity index is 658. The number of nitrogens with zero attached hydrogens (tertiary/aromatic N) is 1. The lowest BCUT2D eigenvalue weighted by atomic mass is 10.1. The highest BCUT2D eigenvalue weighted by Crippen LogP contribution is 2.20. The summed E-state index contributed by atoms with van der Waals surface area (Å²) in [5, 5.41) is 20.5. The van der Waals surface area contributed by atoms with E-state index in [1.807, 2.05) is 30.3 Å². The van der Waals surface area contributed by atoms with E-state index < -0.39 is 16.9 Å². The molecule has 0 unspecified atom stereocenters. The minimum absolute atomic E-state index is 0.0726. The van der Waals surface area contributed by atoms with Crippen molar-refractivity contribution in [1.29, 1.82) is 0 Å². The number of nitrogens with one attached hydrogen (secondary N) is 1. The average Bonchev–Trinajstić information content (AvgIpc) is 2.56. The van der Waals surface area contributed by atoms with Crippen molar-refractivity contribution in [2.45, 2.75) is 19.1 Å². The Hall–Kier alpha value is -2.77. The van der Waals surface area contributed by atoms with E-state index in [0.717, 1.165) is 5.56 Å². The Kier molecular flexibility index (Phi) is 5.79. The number of aliphatic hydroxyl groups excluding tert-OH is 1. The zero-order valence-electron chi connectivity index (χ0n) is 12.2. The summed E-state index contributed by atoms with van der Waals surface area (Å²) in [4.78, 5) is 26.8. The van der Waals surface area contributed by atoms with Crippen LogP contribution in [0.4, 0.5) is 5.69 Å². The van der Waals surface area contributed by atoms with Crippen LogP contribution in [-0.2, 0) is 16.2 Å². The second-order valence-corrected chi connectivity index (χ2v) is 4.87. The molecule has 2 rings (SSSR count). The molecule has 7 heteroatoms. The fourth-order valence-corrected chi connectivity index (χ4v) is 1.93. The van der Waals surface area contributed by atoms with Gasteiger partial charge in [-0.15, -0.1) is 0 Å². The molecule has 2 aromatic rings. The number of amides is 1. The topological polar surface area (TPSA) is 102 Å². The molecule has 0 aliphatic heterocycles. The SMILES string of the molecule is O=C(C[C@H](O)c1ccc([N+](=O)[O-])cc1)NOCc1ccccc1. The van der Waals surface area contributed by atoms with Crippen molar-refractivity contribution in [3.05, 3.63) is 75.8 Å². The monoisotopic (exact) mass is 316 g/mol. The fourth-order valence-electron chi connectivity index (χ4n) is 1.93. The molecule has 2 N–H and O–H groups in total. The lowest BCUT2D eigenvalue weighted by Gasteiger charge is -2.11. The van der Waals surface area contributed by atoms with Gasteiger partial charge in [-0.1, -0.05) is 30.3 Å². The molecule has 0 fully saturated rings. The minimum atomic E-state index is -1.06. The fraction of sp³-hybridized carbons (Fsp3) is 0.188. The molecule has 0 aliphatic carbocycles. The number of benzene rings is 2. The lowest BCUT2D eigenvalue weighted by molar-refractivity contribution is -0.384. The van der Waals surface area contributed by atoms with Gasteiger partial charge in [0, 0.05) is 12.1 Å². The van der Waals surface area contributed by atoms with Crippen molar-refractivity contribution in [3.8, 4) is 0 Å². The van der Waals surface area contributed by atoms with E-state index in [1.165, 1.54) is 24.3 Å². The van der Waals surface area contributed by atoms with E-state index in [1.54, 1.807) is 0 Å². The Labute approximate surface area is 132 Å². The molecule has 23 heavy (non-hydrogen) atoms. The minimum Gasteiger partial charge on any atom is -0.388 e. The molecule has 0 radical (unpaired) electrons. The Balaban J connectivity index is 1.79. The number of non-ortho nitro benzene ring substituents is 1. The molecular formula is C16H16N2O5. The van der Waals surface area contributed by atoms with E-state index in [-0.39, 0.29) is 18.7 Å². The molecule has 0 spiro atoms. The van der Waals surface area contributed by atoms with Crippen molar-refractivity contribution in [3.63, 3.8) is 0 Å². The molecule has 0 heterocycles. The van der Waals surface area contributed by atoms with Gasteiger partial charge in [0.15, 0.2) is 0 Å². The maximum atomic E-state index is 11.7. The zero-order valence-corrected chi connectivity index (χ0v) is 12.2. The number of rotatable bonds is 7. The third-order valence-electron chi connectivity index (χ3n) is 3.14. The molecule has 0 bridgehead atoms. The first kappa shape index (κ1) is 16.6. The van der Waals surface area contributed by atoms with Gasteiger partial charge < -0.3 is 5.11 Å². The van der Waals surface area contributed by atoms with Gasteiger partial charge >= 0.3 is 0 Å². The highest BCUT2D eigenvalue weighted by atomic mass is 16.7. The molecule has 1 amide bonds. The van der Waals surface area contributed by atoms with Gasteiger partial charge in [0.1, 0.15) is 0 Å². The van der Waals surface area contributed by atoms with E-state index in [4.69, 9.17) is 4.84 Å². The van der Waals surface area contributed by atoms with Crippen LogP contribution in [0.5, 0.6) is 0 Å². The van der Waals surface area contributed by atoms with Gasteiger partial charge in [-0.2, -0.15) is 0 Å². The number of hydroxylamine groups is 1. The number of hydrogen-bond donors (Lipinski definition) is 2. The van der Waals surface area contributed by atoms with Gasteiger partial charge in [-0.3, -0.25) is 19.7 Å². The maximum absolute atomic E-state index is 11.7. The van der Waals surface area contributed by atoms with Crippen LogP contribution < -0.4 is 5.48 Å². The standard InChI is InChI=1S/C16H16N2O5/c19-15(13-6-8-14(9-7-13)18(21)22)10-16(20)17-23-11-12-4-2-1-3-5-12/h1-9,15,19H,10-11H2,(H,17,20)/t15-/m0/s1. The van der Waals surface area contributed by atoms with Crippen LogP contribution in [0.2, 0.25) is 0 Å². The summed E-state index contributed by atoms with van der Waals surface area (Å²) in [6.07, 6.45) is -1.26. The number of aliphatic hydroxyl groups is 1. The van der Waals surface area contributed by atoms with E-state index >= 15 is 0 Å². The summed E-state index contributed by atoms with van der Waals surface area (Å²) >= 11 is 0. The van der Waals surface area contributed by atoms with Crippen LogP contribution in [0.3, 0.4) is 0 Å². The molecular weight excluding hydrogens is 300 g/mol. The van der Waals surface area contributed by atoms with Crippen molar-refractivity contribution in [2.75, 3.05) is 0 Å². The molecule has 2 aromatic carbocycles. The Morgan fingerprint density at radius 3 is 2.43 bits per heavy atom. The highest BCUT2D eigenvalue weighted by Gasteiger charge is 2.14.